The van der Waals surface area contributed by atoms with Gasteiger partial charge in [-0.2, -0.15) is 5.10 Å². The van der Waals surface area contributed by atoms with Gasteiger partial charge in [0.2, 0.25) is 5.88 Å². The van der Waals surface area contributed by atoms with Gasteiger partial charge in [-0.25, -0.2) is 17.5 Å². The highest BCUT2D eigenvalue weighted by Crippen LogP contribution is 2.40. The van der Waals surface area contributed by atoms with Crippen LogP contribution in [-0.2, 0) is 16.4 Å². The van der Waals surface area contributed by atoms with Crippen LogP contribution in [0.5, 0.6) is 5.88 Å². The maximum Gasteiger partial charge on any atom is 0.220 e. The topological polar surface area (TPSA) is 61.2 Å². The quantitative estimate of drug-likeness (QED) is 0.684. The van der Waals surface area contributed by atoms with Gasteiger partial charge in [-0.3, -0.25) is 0 Å². The highest BCUT2D eigenvalue weighted by Gasteiger charge is 2.23. The molecule has 1 aliphatic heterocycles. The molecule has 0 atom stereocenters. The van der Waals surface area contributed by atoms with Crippen LogP contribution >= 0.6 is 0 Å². The lowest BCUT2D eigenvalue weighted by Crippen LogP contribution is -2.00. The van der Waals surface area contributed by atoms with Crippen molar-refractivity contribution < 1.29 is 17.5 Å². The van der Waals surface area contributed by atoms with Gasteiger partial charge in [-0.15, -0.1) is 0 Å². The SMILES string of the molecule is CS(=O)(=O)c1ccc(-c2nn3c(c2-c2ccc(F)cc2)OCCCC3)cc1. The molecule has 0 bridgehead atoms. The number of aromatic nitrogens is 2. The molecule has 2 heterocycles. The Balaban J connectivity index is 1.88. The number of rotatable bonds is 3. The molecule has 2 aromatic carbocycles. The van der Waals surface area contributed by atoms with Crippen molar-refractivity contribution in [1.29, 1.82) is 0 Å². The van der Waals surface area contributed by atoms with Gasteiger partial charge < -0.3 is 4.74 Å². The third kappa shape index (κ3) is 3.47. The molecule has 0 N–H and O–H groups in total. The predicted octanol–water partition coefficient (Wildman–Crippen LogP) is 3.93. The number of nitrogens with zero attached hydrogens (tertiary/aromatic N) is 2. The number of benzene rings is 2. The molecule has 140 valence electrons. The van der Waals surface area contributed by atoms with Crippen molar-refractivity contribution in [3.05, 3.63) is 54.3 Å². The summed E-state index contributed by atoms with van der Waals surface area (Å²) >= 11 is 0. The Morgan fingerprint density at radius 1 is 1.00 bits per heavy atom. The summed E-state index contributed by atoms with van der Waals surface area (Å²) in [5.41, 5.74) is 3.08. The first-order chi connectivity index (χ1) is 12.9. The highest BCUT2D eigenvalue weighted by molar-refractivity contribution is 7.90. The van der Waals surface area contributed by atoms with Gasteiger partial charge in [0.1, 0.15) is 11.5 Å². The molecule has 1 aromatic heterocycles. The van der Waals surface area contributed by atoms with Gasteiger partial charge in [0.05, 0.1) is 17.1 Å². The zero-order valence-corrected chi connectivity index (χ0v) is 15.7. The lowest BCUT2D eigenvalue weighted by Gasteiger charge is -2.08. The second kappa shape index (κ2) is 6.81. The summed E-state index contributed by atoms with van der Waals surface area (Å²) in [5, 5.41) is 4.72. The van der Waals surface area contributed by atoms with Gasteiger partial charge in [0, 0.05) is 18.4 Å². The van der Waals surface area contributed by atoms with Crippen molar-refractivity contribution in [1.82, 2.24) is 9.78 Å². The van der Waals surface area contributed by atoms with E-state index in [1.54, 1.807) is 36.4 Å². The predicted molar refractivity (Wildman–Crippen MR) is 101 cm³/mol. The first-order valence-electron chi connectivity index (χ1n) is 8.73. The molecule has 0 radical (unpaired) electrons. The van der Waals surface area contributed by atoms with Crippen molar-refractivity contribution in [3.63, 3.8) is 0 Å². The van der Waals surface area contributed by atoms with E-state index < -0.39 is 9.84 Å². The molecule has 0 saturated carbocycles. The fraction of sp³-hybridized carbons (Fsp3) is 0.250. The molecule has 0 saturated heterocycles. The summed E-state index contributed by atoms with van der Waals surface area (Å²) in [6.07, 6.45) is 3.09. The Morgan fingerprint density at radius 2 is 1.67 bits per heavy atom. The van der Waals surface area contributed by atoms with Gasteiger partial charge in [0.25, 0.3) is 0 Å². The van der Waals surface area contributed by atoms with Crippen molar-refractivity contribution in [3.8, 4) is 28.3 Å². The maximum atomic E-state index is 13.4. The zero-order valence-electron chi connectivity index (χ0n) is 14.9. The van der Waals surface area contributed by atoms with Crippen LogP contribution in [0, 0.1) is 5.82 Å². The number of sulfone groups is 1. The molecule has 4 rings (SSSR count). The van der Waals surface area contributed by atoms with E-state index in [-0.39, 0.29) is 10.7 Å². The van der Waals surface area contributed by atoms with Crippen molar-refractivity contribution in [2.75, 3.05) is 12.9 Å². The average molecular weight is 386 g/mol. The summed E-state index contributed by atoms with van der Waals surface area (Å²) in [5.74, 6) is 0.360. The third-order valence-corrected chi connectivity index (χ3v) is 5.73. The van der Waals surface area contributed by atoms with Gasteiger partial charge >= 0.3 is 0 Å². The molecular formula is C20H19FN2O3S. The van der Waals surface area contributed by atoms with E-state index in [9.17, 15) is 12.8 Å². The lowest BCUT2D eigenvalue weighted by molar-refractivity contribution is 0.304. The lowest BCUT2D eigenvalue weighted by atomic mass is 10.0. The fourth-order valence-corrected chi connectivity index (χ4v) is 3.85. The van der Waals surface area contributed by atoms with Crippen LogP contribution in [0.2, 0.25) is 0 Å². The smallest absolute Gasteiger partial charge is 0.220 e. The van der Waals surface area contributed by atoms with E-state index in [1.165, 1.54) is 18.4 Å². The molecule has 7 heteroatoms. The maximum absolute atomic E-state index is 13.4. The minimum atomic E-state index is -3.27. The molecule has 1 aliphatic rings. The van der Waals surface area contributed by atoms with E-state index in [2.05, 4.69) is 0 Å². The zero-order chi connectivity index (χ0) is 19.0. The van der Waals surface area contributed by atoms with Crippen LogP contribution < -0.4 is 4.74 Å². The summed E-state index contributed by atoms with van der Waals surface area (Å²) < 4.78 is 44.6. The van der Waals surface area contributed by atoms with Crippen LogP contribution in [0.1, 0.15) is 12.8 Å². The number of hydrogen-bond acceptors (Lipinski definition) is 4. The Hall–Kier alpha value is -2.67. The van der Waals surface area contributed by atoms with Crippen molar-refractivity contribution in [2.24, 2.45) is 0 Å². The van der Waals surface area contributed by atoms with Gasteiger partial charge in [-0.1, -0.05) is 24.3 Å². The minimum absolute atomic E-state index is 0.256. The molecule has 0 fully saturated rings. The number of ether oxygens (including phenoxy) is 1. The molecule has 5 nitrogen and oxygen atoms in total. The highest BCUT2D eigenvalue weighted by atomic mass is 32.2. The van der Waals surface area contributed by atoms with Gasteiger partial charge in [0.15, 0.2) is 9.84 Å². The minimum Gasteiger partial charge on any atom is -0.477 e. The van der Waals surface area contributed by atoms with Crippen LogP contribution in [-0.4, -0.2) is 31.1 Å². The summed E-state index contributed by atoms with van der Waals surface area (Å²) in [6, 6.07) is 12.9. The Morgan fingerprint density at radius 3 is 2.33 bits per heavy atom. The third-order valence-electron chi connectivity index (χ3n) is 4.60. The van der Waals surface area contributed by atoms with E-state index in [1.807, 2.05) is 4.68 Å². The standard InChI is InChI=1S/C20H19FN2O3S/c1-27(24,25)17-10-6-15(7-11-17)19-18(14-4-8-16(21)9-5-14)20-23(22-19)12-2-3-13-26-20/h4-11H,2-3,12-13H2,1H3. The summed E-state index contributed by atoms with van der Waals surface area (Å²) in [4.78, 5) is 0.256. The summed E-state index contributed by atoms with van der Waals surface area (Å²) in [6.45, 7) is 1.34. The largest absolute Gasteiger partial charge is 0.477 e. The molecule has 27 heavy (non-hydrogen) atoms. The monoisotopic (exact) mass is 386 g/mol. The van der Waals surface area contributed by atoms with Crippen molar-refractivity contribution >= 4 is 9.84 Å². The number of aryl methyl sites for hydroxylation is 1. The van der Waals surface area contributed by atoms with Crippen LogP contribution in [0.4, 0.5) is 4.39 Å². The van der Waals surface area contributed by atoms with Crippen molar-refractivity contribution in [2.45, 2.75) is 24.3 Å². The van der Waals surface area contributed by atoms with E-state index in [0.29, 0.717) is 18.2 Å². The summed E-state index contributed by atoms with van der Waals surface area (Å²) in [7, 11) is -3.27. The second-order valence-corrected chi connectivity index (χ2v) is 8.63. The Labute approximate surface area is 157 Å². The molecular weight excluding hydrogens is 367 g/mol. The molecule has 0 unspecified atom stereocenters. The Bertz CT molecular complexity index is 1070. The van der Waals surface area contributed by atoms with E-state index >= 15 is 0 Å². The average Bonchev–Trinajstić information content (AvgIpc) is 2.84. The first kappa shape index (κ1) is 17.7. The van der Waals surface area contributed by atoms with Crippen LogP contribution in [0.25, 0.3) is 22.4 Å². The number of fused-ring (bicyclic) bond motifs is 1. The molecule has 0 amide bonds. The normalized spacial score (nSPS) is 14.3. The molecule has 0 aliphatic carbocycles. The van der Waals surface area contributed by atoms with E-state index in [4.69, 9.17) is 9.84 Å². The van der Waals surface area contributed by atoms with E-state index in [0.717, 1.165) is 36.1 Å². The van der Waals surface area contributed by atoms with Crippen LogP contribution in [0.15, 0.2) is 53.4 Å². The fourth-order valence-electron chi connectivity index (χ4n) is 3.22. The van der Waals surface area contributed by atoms with Gasteiger partial charge in [-0.05, 0) is 42.7 Å². The number of hydrogen-bond donors (Lipinski definition) is 0. The number of halogens is 1. The molecule has 3 aromatic rings. The Kier molecular flexibility index (Phi) is 4.47. The molecule has 0 spiro atoms. The first-order valence-corrected chi connectivity index (χ1v) is 10.6. The second-order valence-electron chi connectivity index (χ2n) is 6.61. The van der Waals surface area contributed by atoms with Crippen LogP contribution in [0.3, 0.4) is 0 Å².